The van der Waals surface area contributed by atoms with Crippen molar-refractivity contribution < 1.29 is 23.2 Å². The van der Waals surface area contributed by atoms with E-state index in [1.54, 1.807) is 21.8 Å². The molecule has 0 unspecified atom stereocenters. The fraction of sp³-hybridized carbons (Fsp3) is 0.391. The summed E-state index contributed by atoms with van der Waals surface area (Å²) in [6.45, 7) is 3.01. The maximum Gasteiger partial charge on any atom is 0.276 e. The van der Waals surface area contributed by atoms with Gasteiger partial charge in [-0.1, -0.05) is 5.16 Å². The number of fused-ring (bicyclic) bond motifs is 1. The molecular formula is C23H23FN4O4. The van der Waals surface area contributed by atoms with E-state index in [1.807, 2.05) is 14.0 Å². The number of rotatable bonds is 3. The first kappa shape index (κ1) is 20.4. The first-order valence-corrected chi connectivity index (χ1v) is 10.6. The zero-order valence-electron chi connectivity index (χ0n) is 17.9. The molecule has 2 aromatic heterocycles. The second kappa shape index (κ2) is 7.89. The smallest absolute Gasteiger partial charge is 0.276 e. The summed E-state index contributed by atoms with van der Waals surface area (Å²) in [4.78, 5) is 27.1. The van der Waals surface area contributed by atoms with Gasteiger partial charge in [-0.25, -0.2) is 4.39 Å². The zero-order chi connectivity index (χ0) is 22.4. The van der Waals surface area contributed by atoms with E-state index in [2.05, 4.69) is 10.3 Å². The molecule has 1 amide bonds. The van der Waals surface area contributed by atoms with Crippen LogP contribution in [0.1, 0.15) is 45.8 Å². The Kier molecular flexibility index (Phi) is 5.03. The van der Waals surface area contributed by atoms with Crippen LogP contribution in [0, 0.1) is 18.7 Å². The van der Waals surface area contributed by atoms with E-state index in [0.29, 0.717) is 43.0 Å². The van der Waals surface area contributed by atoms with E-state index in [0.717, 1.165) is 11.3 Å². The highest BCUT2D eigenvalue weighted by atomic mass is 19.1. The summed E-state index contributed by atoms with van der Waals surface area (Å²) in [5.74, 6) is 0.370. The van der Waals surface area contributed by atoms with Crippen molar-refractivity contribution >= 4 is 11.7 Å². The van der Waals surface area contributed by atoms with Crippen molar-refractivity contribution in [3.8, 4) is 17.1 Å². The minimum Gasteiger partial charge on any atom is -0.489 e. The fourth-order valence-electron chi connectivity index (χ4n) is 4.46. The van der Waals surface area contributed by atoms with E-state index in [1.165, 1.54) is 18.2 Å². The Balaban J connectivity index is 1.23. The second-order valence-electron chi connectivity index (χ2n) is 8.40. The van der Waals surface area contributed by atoms with Gasteiger partial charge >= 0.3 is 0 Å². The number of halogens is 1. The summed E-state index contributed by atoms with van der Waals surface area (Å²) < 4.78 is 26.6. The van der Waals surface area contributed by atoms with Gasteiger partial charge in [0.1, 0.15) is 17.7 Å². The summed E-state index contributed by atoms with van der Waals surface area (Å²) in [5.41, 5.74) is 2.30. The summed E-state index contributed by atoms with van der Waals surface area (Å²) in [7, 11) is 1.84. The lowest BCUT2D eigenvalue weighted by Gasteiger charge is -2.37. The largest absolute Gasteiger partial charge is 0.489 e. The third kappa shape index (κ3) is 3.57. The number of hydrogen-bond donors (Lipinski definition) is 0. The summed E-state index contributed by atoms with van der Waals surface area (Å²) in [6, 6.07) is 5.69. The molecule has 3 aromatic rings. The Morgan fingerprint density at radius 1 is 1.19 bits per heavy atom. The maximum atomic E-state index is 13.4. The number of aromatic nitrogens is 3. The highest BCUT2D eigenvalue weighted by Crippen LogP contribution is 2.34. The molecule has 2 aliphatic rings. The highest BCUT2D eigenvalue weighted by molar-refractivity contribution is 6.00. The number of amides is 1. The van der Waals surface area contributed by atoms with Crippen LogP contribution in [0.3, 0.4) is 0 Å². The van der Waals surface area contributed by atoms with Crippen molar-refractivity contribution in [3.63, 3.8) is 0 Å². The number of piperidine rings is 1. The van der Waals surface area contributed by atoms with Gasteiger partial charge in [0.25, 0.3) is 5.91 Å². The number of benzene rings is 1. The third-order valence-corrected chi connectivity index (χ3v) is 6.49. The lowest BCUT2D eigenvalue weighted by molar-refractivity contribution is 0.0446. The molecule has 0 saturated carbocycles. The molecule has 0 spiro atoms. The van der Waals surface area contributed by atoms with Crippen LogP contribution >= 0.6 is 0 Å². The molecular weight excluding hydrogens is 415 g/mol. The van der Waals surface area contributed by atoms with Crippen LogP contribution in [-0.4, -0.2) is 50.7 Å². The zero-order valence-corrected chi connectivity index (χ0v) is 17.9. The van der Waals surface area contributed by atoms with Gasteiger partial charge < -0.3 is 14.2 Å². The van der Waals surface area contributed by atoms with Crippen molar-refractivity contribution in [3.05, 3.63) is 53.2 Å². The van der Waals surface area contributed by atoms with Crippen LogP contribution in [0.2, 0.25) is 0 Å². The maximum absolute atomic E-state index is 13.4. The molecule has 1 fully saturated rings. The highest BCUT2D eigenvalue weighted by Gasteiger charge is 2.36. The molecule has 1 aromatic carbocycles. The molecule has 0 aliphatic carbocycles. The monoisotopic (exact) mass is 438 g/mol. The lowest BCUT2D eigenvalue weighted by atomic mass is 9.86. The predicted molar refractivity (Wildman–Crippen MR) is 112 cm³/mol. The number of carbonyl (C=O) groups excluding carboxylic acids is 2. The Morgan fingerprint density at radius 2 is 1.97 bits per heavy atom. The summed E-state index contributed by atoms with van der Waals surface area (Å²) in [6.07, 6.45) is 3.09. The Morgan fingerprint density at radius 3 is 2.69 bits per heavy atom. The molecule has 5 rings (SSSR count). The number of nitrogens with zero attached hydrogens (tertiary/aromatic N) is 4. The molecule has 166 valence electrons. The molecule has 1 atom stereocenters. The van der Waals surface area contributed by atoms with E-state index in [4.69, 9.17) is 9.26 Å². The lowest BCUT2D eigenvalue weighted by Crippen LogP contribution is -2.44. The van der Waals surface area contributed by atoms with E-state index in [-0.39, 0.29) is 35.8 Å². The van der Waals surface area contributed by atoms with Crippen LogP contribution in [0.15, 0.2) is 35.0 Å². The molecule has 4 heterocycles. The van der Waals surface area contributed by atoms with Crippen molar-refractivity contribution in [2.45, 2.75) is 32.3 Å². The summed E-state index contributed by atoms with van der Waals surface area (Å²) in [5, 5.41) is 8.16. The number of ketones is 1. The van der Waals surface area contributed by atoms with Gasteiger partial charge in [-0.15, -0.1) is 0 Å². The molecule has 0 N–H and O–H groups in total. The molecule has 0 radical (unpaired) electrons. The number of ether oxygens (including phenoxy) is 1. The van der Waals surface area contributed by atoms with Crippen LogP contribution < -0.4 is 4.74 Å². The minimum absolute atomic E-state index is 0.102. The van der Waals surface area contributed by atoms with Crippen molar-refractivity contribution in [1.29, 1.82) is 0 Å². The number of aryl methyl sites for hydroxylation is 1. The van der Waals surface area contributed by atoms with Gasteiger partial charge in [-0.05, 0) is 43.9 Å². The average molecular weight is 438 g/mol. The van der Waals surface area contributed by atoms with Crippen LogP contribution in [-0.2, 0) is 7.05 Å². The van der Waals surface area contributed by atoms with E-state index in [9.17, 15) is 14.0 Å². The predicted octanol–water partition coefficient (Wildman–Crippen LogP) is 3.41. The van der Waals surface area contributed by atoms with Crippen LogP contribution in [0.4, 0.5) is 4.39 Å². The van der Waals surface area contributed by atoms with Crippen LogP contribution in [0.25, 0.3) is 11.3 Å². The SMILES string of the molecule is Cc1c(-c2cc(C(=O)N3CCC([C@H]4CC(=O)c5cc(F)ccc5O4)CC3)no2)cnn1C. The van der Waals surface area contributed by atoms with Gasteiger partial charge in [0, 0.05) is 38.3 Å². The standard InChI is InChI=1S/C23H23FN4O4/c1-13-17(12-25-27(13)2)22-10-18(26-32-22)23(30)28-7-5-14(6-8-28)21-11-19(29)16-9-15(24)3-4-20(16)31-21/h3-4,9-10,12,14,21H,5-8,11H2,1-2H3/t21-/m1/s1. The topological polar surface area (TPSA) is 90.5 Å². The third-order valence-electron chi connectivity index (χ3n) is 6.49. The number of likely N-dealkylation sites (tertiary alicyclic amines) is 1. The van der Waals surface area contributed by atoms with Crippen molar-refractivity contribution in [2.24, 2.45) is 13.0 Å². The molecule has 32 heavy (non-hydrogen) atoms. The van der Waals surface area contributed by atoms with E-state index >= 15 is 0 Å². The van der Waals surface area contributed by atoms with Gasteiger partial charge in [0.05, 0.1) is 17.3 Å². The first-order valence-electron chi connectivity index (χ1n) is 10.6. The molecule has 2 aliphatic heterocycles. The number of hydrogen-bond acceptors (Lipinski definition) is 6. The average Bonchev–Trinajstić information content (AvgIpc) is 3.41. The summed E-state index contributed by atoms with van der Waals surface area (Å²) >= 11 is 0. The second-order valence-corrected chi connectivity index (χ2v) is 8.40. The molecule has 1 saturated heterocycles. The molecule has 0 bridgehead atoms. The minimum atomic E-state index is -0.444. The van der Waals surface area contributed by atoms with Gasteiger partial charge in [0.2, 0.25) is 0 Å². The van der Waals surface area contributed by atoms with Crippen LogP contribution in [0.5, 0.6) is 5.75 Å². The number of Topliss-reactive ketones (excluding diaryl/α,β-unsaturated/α-hetero) is 1. The Hall–Kier alpha value is -3.49. The molecule has 8 nitrogen and oxygen atoms in total. The van der Waals surface area contributed by atoms with Gasteiger partial charge in [0.15, 0.2) is 17.2 Å². The Labute approximate surface area is 183 Å². The quantitative estimate of drug-likeness (QED) is 0.623. The number of carbonyl (C=O) groups is 2. The fourth-order valence-corrected chi connectivity index (χ4v) is 4.46. The van der Waals surface area contributed by atoms with Crippen molar-refractivity contribution in [1.82, 2.24) is 19.8 Å². The Bertz CT molecular complexity index is 1190. The van der Waals surface area contributed by atoms with Gasteiger partial charge in [-0.2, -0.15) is 5.10 Å². The van der Waals surface area contributed by atoms with E-state index < -0.39 is 5.82 Å². The normalized spacial score (nSPS) is 19.0. The van der Waals surface area contributed by atoms with Crippen molar-refractivity contribution in [2.75, 3.05) is 13.1 Å². The van der Waals surface area contributed by atoms with Gasteiger partial charge in [-0.3, -0.25) is 14.3 Å². The first-order chi connectivity index (χ1) is 15.4. The molecule has 9 heteroatoms.